The molecule has 0 aliphatic heterocycles. The maximum Gasteiger partial charge on any atom is -1.00 e. The maximum atomic E-state index is 2.43. The van der Waals surface area contributed by atoms with Crippen LogP contribution in [0, 0.1) is 0 Å². The molecule has 0 aromatic heterocycles. The van der Waals surface area contributed by atoms with Gasteiger partial charge in [-0.15, -0.1) is 0 Å². The Morgan fingerprint density at radius 2 is 1.87 bits per heavy atom. The largest absolute Gasteiger partial charge is 1.00 e. The van der Waals surface area contributed by atoms with Gasteiger partial charge in [-0.05, 0) is 0 Å². The molecule has 0 aromatic rings. The van der Waals surface area contributed by atoms with Crippen molar-refractivity contribution in [2.45, 2.75) is 26.7 Å². The molecule has 0 radical (unpaired) electrons. The Bertz CT molecular complexity index is 349. The van der Waals surface area contributed by atoms with Crippen LogP contribution in [-0.2, 0) is 23.2 Å². The number of halogens is 2. The van der Waals surface area contributed by atoms with Crippen molar-refractivity contribution in [1.29, 1.82) is 0 Å². The van der Waals surface area contributed by atoms with Gasteiger partial charge in [0.1, 0.15) is 0 Å². The Labute approximate surface area is 116 Å². The Kier molecular flexibility index (Phi) is 7.08. The normalized spacial score (nSPS) is 17.7. The van der Waals surface area contributed by atoms with Gasteiger partial charge in [0.25, 0.3) is 0 Å². The zero-order valence-electron chi connectivity index (χ0n) is 8.98. The van der Waals surface area contributed by atoms with Crippen LogP contribution in [0.3, 0.4) is 0 Å². The summed E-state index contributed by atoms with van der Waals surface area (Å²) in [4.78, 5) is 0. The first kappa shape index (κ1) is 15.4. The smallest absolute Gasteiger partial charge is 1.00 e. The van der Waals surface area contributed by atoms with E-state index in [1.54, 1.807) is 12.1 Å². The molecular formula is C12H14Cl2Zr. The van der Waals surface area contributed by atoms with E-state index in [0.717, 1.165) is 0 Å². The zero-order chi connectivity index (χ0) is 9.26. The molecule has 2 rings (SSSR count). The van der Waals surface area contributed by atoms with Gasteiger partial charge in [-0.1, -0.05) is 0 Å². The van der Waals surface area contributed by atoms with E-state index in [2.05, 4.69) is 38.2 Å². The van der Waals surface area contributed by atoms with Crippen LogP contribution < -0.4 is 24.8 Å². The molecule has 0 spiro atoms. The first-order chi connectivity index (χ1) is 6.25. The molecule has 0 atom stereocenters. The van der Waals surface area contributed by atoms with E-state index < -0.39 is 0 Å². The second-order valence-corrected chi connectivity index (χ2v) is 7.53. The summed E-state index contributed by atoms with van der Waals surface area (Å²) in [5.41, 5.74) is 3.10. The van der Waals surface area contributed by atoms with Crippen LogP contribution in [0.1, 0.15) is 26.7 Å². The van der Waals surface area contributed by atoms with Gasteiger partial charge in [0, 0.05) is 0 Å². The summed E-state index contributed by atoms with van der Waals surface area (Å²) < 4.78 is 3.49. The van der Waals surface area contributed by atoms with Gasteiger partial charge < -0.3 is 24.8 Å². The van der Waals surface area contributed by atoms with Gasteiger partial charge in [0.2, 0.25) is 0 Å². The third-order valence-electron chi connectivity index (χ3n) is 2.61. The van der Waals surface area contributed by atoms with Crippen LogP contribution >= 0.6 is 0 Å². The molecule has 2 aliphatic rings. The van der Waals surface area contributed by atoms with Crippen LogP contribution in [0.5, 0.6) is 0 Å². The van der Waals surface area contributed by atoms with Crippen molar-refractivity contribution in [1.82, 2.24) is 0 Å². The average molecular weight is 320 g/mol. The molecule has 0 amide bonds. The summed E-state index contributed by atoms with van der Waals surface area (Å²) in [6.07, 6.45) is 11.8. The first-order valence-electron chi connectivity index (χ1n) is 4.75. The minimum atomic E-state index is -0.364. The van der Waals surface area contributed by atoms with Crippen LogP contribution in [0.15, 0.2) is 42.0 Å². The van der Waals surface area contributed by atoms with Crippen LogP contribution in [0.2, 0.25) is 0 Å². The van der Waals surface area contributed by atoms with E-state index in [9.17, 15) is 0 Å². The SMILES string of the molecule is CC1=C(C)C[C]([Zr+2][C]2=CC=CC2)=C1.[Cl-].[Cl-]. The summed E-state index contributed by atoms with van der Waals surface area (Å²) >= 11 is -0.364. The molecule has 0 aromatic carbocycles. The van der Waals surface area contributed by atoms with Crippen molar-refractivity contribution in [2.75, 3.05) is 0 Å². The Balaban J connectivity index is 0.000000980. The molecular weight excluding hydrogens is 306 g/mol. The number of rotatable bonds is 2. The van der Waals surface area contributed by atoms with Gasteiger partial charge in [-0.2, -0.15) is 0 Å². The van der Waals surface area contributed by atoms with E-state index in [-0.39, 0.29) is 48.0 Å². The predicted octanol–water partition coefficient (Wildman–Crippen LogP) is -2.46. The molecule has 0 heterocycles. The third-order valence-corrected chi connectivity index (χ3v) is 5.89. The summed E-state index contributed by atoms with van der Waals surface area (Å²) in [5.74, 6) is 0. The fourth-order valence-electron chi connectivity index (χ4n) is 1.69. The average Bonchev–Trinajstić information content (AvgIpc) is 2.64. The second kappa shape index (κ2) is 6.89. The topological polar surface area (TPSA) is 0 Å². The van der Waals surface area contributed by atoms with Gasteiger partial charge in [0.05, 0.1) is 0 Å². The Morgan fingerprint density at radius 3 is 2.33 bits per heavy atom. The summed E-state index contributed by atoms with van der Waals surface area (Å²) in [6, 6.07) is 0. The zero-order valence-corrected chi connectivity index (χ0v) is 12.9. The molecule has 0 fully saturated rings. The number of hydrogen-bond donors (Lipinski definition) is 0. The van der Waals surface area contributed by atoms with E-state index in [1.807, 2.05) is 0 Å². The van der Waals surface area contributed by atoms with Crippen molar-refractivity contribution in [3.8, 4) is 0 Å². The molecule has 3 heteroatoms. The monoisotopic (exact) mass is 318 g/mol. The van der Waals surface area contributed by atoms with Crippen molar-refractivity contribution >= 4 is 0 Å². The van der Waals surface area contributed by atoms with Crippen molar-refractivity contribution in [3.05, 3.63) is 42.0 Å². The number of hydrogen-bond acceptors (Lipinski definition) is 0. The van der Waals surface area contributed by atoms with Crippen molar-refractivity contribution in [3.63, 3.8) is 0 Å². The molecule has 0 N–H and O–H groups in total. The fraction of sp³-hybridized carbons (Fsp3) is 0.333. The summed E-state index contributed by atoms with van der Waals surface area (Å²) in [7, 11) is 0. The summed E-state index contributed by atoms with van der Waals surface area (Å²) in [5, 5.41) is 0. The Morgan fingerprint density at radius 1 is 1.13 bits per heavy atom. The van der Waals surface area contributed by atoms with E-state index in [0.29, 0.717) is 0 Å². The molecule has 0 saturated heterocycles. The van der Waals surface area contributed by atoms with E-state index in [4.69, 9.17) is 0 Å². The molecule has 15 heavy (non-hydrogen) atoms. The molecule has 0 unspecified atom stereocenters. The van der Waals surface area contributed by atoms with Crippen LogP contribution in [0.4, 0.5) is 0 Å². The first-order valence-corrected chi connectivity index (χ1v) is 7.21. The van der Waals surface area contributed by atoms with Gasteiger partial charge in [-0.25, -0.2) is 0 Å². The standard InChI is InChI=1S/C7H9.C5H5.2ClH.Zr/c1-6-4-3-5-7(6)2;1-2-4-5-3-1;;;/h4H,5H2,1-2H3;1-3H,4H2;2*1H;/q;;;;+2/p-2. The molecule has 80 valence electrons. The summed E-state index contributed by atoms with van der Waals surface area (Å²) in [6.45, 7) is 4.50. The van der Waals surface area contributed by atoms with Gasteiger partial charge in [-0.3, -0.25) is 0 Å². The van der Waals surface area contributed by atoms with E-state index in [1.165, 1.54) is 18.4 Å². The maximum absolute atomic E-state index is 2.43. The predicted molar refractivity (Wildman–Crippen MR) is 52.9 cm³/mol. The second-order valence-electron chi connectivity index (χ2n) is 3.76. The minimum Gasteiger partial charge on any atom is -1.00 e. The van der Waals surface area contributed by atoms with Gasteiger partial charge in [0.15, 0.2) is 0 Å². The molecule has 0 nitrogen and oxygen atoms in total. The van der Waals surface area contributed by atoms with E-state index >= 15 is 0 Å². The quantitative estimate of drug-likeness (QED) is 0.530. The van der Waals surface area contributed by atoms with Crippen molar-refractivity contribution < 1.29 is 48.0 Å². The van der Waals surface area contributed by atoms with Crippen LogP contribution in [0.25, 0.3) is 0 Å². The fourth-order valence-corrected chi connectivity index (χ4v) is 5.26. The van der Waals surface area contributed by atoms with Crippen LogP contribution in [-0.4, -0.2) is 0 Å². The Hall–Kier alpha value is 0.423. The minimum absolute atomic E-state index is 0. The number of allylic oxidation sites excluding steroid dienone is 8. The van der Waals surface area contributed by atoms with Gasteiger partial charge >= 0.3 is 91.9 Å². The molecule has 0 bridgehead atoms. The molecule has 0 saturated carbocycles. The third kappa shape index (κ3) is 4.06. The van der Waals surface area contributed by atoms with Crippen molar-refractivity contribution in [2.24, 2.45) is 0 Å². The molecule has 2 aliphatic carbocycles.